The summed E-state index contributed by atoms with van der Waals surface area (Å²) >= 11 is 5.96. The molecule has 0 fully saturated rings. The zero-order valence-electron chi connectivity index (χ0n) is 16.1. The number of hydrogen-bond donors (Lipinski definition) is 2. The van der Waals surface area contributed by atoms with Crippen molar-refractivity contribution in [3.63, 3.8) is 0 Å². The Labute approximate surface area is 168 Å². The van der Waals surface area contributed by atoms with E-state index in [0.717, 1.165) is 6.07 Å². The van der Waals surface area contributed by atoms with E-state index in [4.69, 9.17) is 21.1 Å². The van der Waals surface area contributed by atoms with Crippen molar-refractivity contribution in [1.82, 2.24) is 0 Å². The van der Waals surface area contributed by atoms with Gasteiger partial charge in [-0.3, -0.25) is 10.1 Å². The Morgan fingerprint density at radius 2 is 1.82 bits per heavy atom. The Morgan fingerprint density at radius 1 is 1.11 bits per heavy atom. The molecule has 8 heteroatoms. The van der Waals surface area contributed by atoms with E-state index in [0.29, 0.717) is 16.3 Å². The molecular weight excluding hydrogens is 387 g/mol. The van der Waals surface area contributed by atoms with Crippen LogP contribution in [-0.2, 0) is 16.0 Å². The number of carbonyl (C=O) groups excluding carboxylic acids is 2. The van der Waals surface area contributed by atoms with Gasteiger partial charge in [-0.25, -0.2) is 9.18 Å². The molecule has 0 unspecified atom stereocenters. The van der Waals surface area contributed by atoms with Crippen LogP contribution in [0, 0.1) is 5.82 Å². The van der Waals surface area contributed by atoms with Crippen LogP contribution in [0.2, 0.25) is 5.02 Å². The number of halogens is 2. The number of carbonyl (C=O) groups is 2. The molecule has 0 radical (unpaired) electrons. The van der Waals surface area contributed by atoms with Crippen molar-refractivity contribution >= 4 is 35.0 Å². The van der Waals surface area contributed by atoms with Gasteiger partial charge in [0.05, 0.1) is 19.2 Å². The lowest BCUT2D eigenvalue weighted by atomic mass is 10.1. The smallest absolute Gasteiger partial charge is 0.412 e. The molecule has 2 amide bonds. The molecular formula is C20H22ClFN2O4. The highest BCUT2D eigenvalue weighted by Crippen LogP contribution is 2.25. The normalized spacial score (nSPS) is 10.9. The molecule has 28 heavy (non-hydrogen) atoms. The number of hydrogen-bond acceptors (Lipinski definition) is 4. The number of nitrogens with one attached hydrogen (secondary N) is 2. The van der Waals surface area contributed by atoms with Gasteiger partial charge in [-0.1, -0.05) is 11.6 Å². The summed E-state index contributed by atoms with van der Waals surface area (Å²) < 4.78 is 24.4. The van der Waals surface area contributed by atoms with Gasteiger partial charge in [-0.15, -0.1) is 0 Å². The molecule has 6 nitrogen and oxygen atoms in total. The minimum atomic E-state index is -0.681. The van der Waals surface area contributed by atoms with E-state index in [9.17, 15) is 14.0 Å². The third-order valence-electron chi connectivity index (χ3n) is 3.48. The Morgan fingerprint density at radius 3 is 2.46 bits per heavy atom. The van der Waals surface area contributed by atoms with Gasteiger partial charge in [0.2, 0.25) is 5.91 Å². The van der Waals surface area contributed by atoms with E-state index in [1.54, 1.807) is 39.0 Å². The first kappa shape index (κ1) is 21.5. The summed E-state index contributed by atoms with van der Waals surface area (Å²) in [5, 5.41) is 5.44. The predicted molar refractivity (Wildman–Crippen MR) is 107 cm³/mol. The summed E-state index contributed by atoms with van der Waals surface area (Å²) in [6.45, 7) is 5.19. The maximum Gasteiger partial charge on any atom is 0.412 e. The highest BCUT2D eigenvalue weighted by atomic mass is 35.5. The first-order valence-corrected chi connectivity index (χ1v) is 8.87. The van der Waals surface area contributed by atoms with Crippen molar-refractivity contribution in [1.29, 1.82) is 0 Å². The summed E-state index contributed by atoms with van der Waals surface area (Å²) in [6, 6.07) is 8.73. The molecule has 2 N–H and O–H groups in total. The van der Waals surface area contributed by atoms with Crippen LogP contribution in [0.4, 0.5) is 20.6 Å². The Balaban J connectivity index is 2.10. The molecule has 2 rings (SSSR count). The Bertz CT molecular complexity index is 881. The monoisotopic (exact) mass is 408 g/mol. The standard InChI is InChI=1S/C20H22ClFN2O4/c1-20(2,3)28-19(26)23-14-6-7-15(22)16(11-14)24-18(25)10-12-9-13(21)5-8-17(12)27-4/h5-9,11H,10H2,1-4H3,(H,23,26)(H,24,25). The lowest BCUT2D eigenvalue weighted by Crippen LogP contribution is -2.27. The molecule has 2 aromatic carbocycles. The summed E-state index contributed by atoms with van der Waals surface area (Å²) in [5.74, 6) is -0.601. The average molecular weight is 409 g/mol. The van der Waals surface area contributed by atoms with E-state index in [1.807, 2.05) is 0 Å². The lowest BCUT2D eigenvalue weighted by molar-refractivity contribution is -0.115. The largest absolute Gasteiger partial charge is 0.496 e. The molecule has 0 aliphatic rings. The SMILES string of the molecule is COc1ccc(Cl)cc1CC(=O)Nc1cc(NC(=O)OC(C)(C)C)ccc1F. The highest BCUT2D eigenvalue weighted by molar-refractivity contribution is 6.30. The maximum atomic E-state index is 14.1. The molecule has 0 aliphatic carbocycles. The fourth-order valence-electron chi connectivity index (χ4n) is 2.37. The van der Waals surface area contributed by atoms with E-state index < -0.39 is 23.4 Å². The quantitative estimate of drug-likeness (QED) is 0.728. The molecule has 150 valence electrons. The summed E-state index contributed by atoms with van der Waals surface area (Å²) in [7, 11) is 1.48. The van der Waals surface area contributed by atoms with E-state index in [2.05, 4.69) is 10.6 Å². The summed E-state index contributed by atoms with van der Waals surface area (Å²) in [6.07, 6.45) is -0.743. The zero-order chi connectivity index (χ0) is 20.9. The maximum absolute atomic E-state index is 14.1. The van der Waals surface area contributed by atoms with Crippen molar-refractivity contribution < 1.29 is 23.5 Å². The number of rotatable bonds is 5. The molecule has 2 aromatic rings. The number of benzene rings is 2. The first-order chi connectivity index (χ1) is 13.1. The molecule has 0 aromatic heterocycles. The summed E-state index contributed by atoms with van der Waals surface area (Å²) in [5.41, 5.74) is 0.110. The second-order valence-electron chi connectivity index (χ2n) is 7.00. The van der Waals surface area contributed by atoms with Gasteiger partial charge in [0.15, 0.2) is 0 Å². The number of methoxy groups -OCH3 is 1. The fraction of sp³-hybridized carbons (Fsp3) is 0.300. The number of amides is 2. The highest BCUT2D eigenvalue weighted by Gasteiger charge is 2.17. The van der Waals surface area contributed by atoms with E-state index in [-0.39, 0.29) is 17.8 Å². The van der Waals surface area contributed by atoms with E-state index in [1.165, 1.54) is 19.2 Å². The van der Waals surface area contributed by atoms with Crippen molar-refractivity contribution in [3.05, 3.63) is 52.8 Å². The van der Waals surface area contributed by atoms with Crippen LogP contribution in [0.3, 0.4) is 0 Å². The van der Waals surface area contributed by atoms with Gasteiger partial charge in [0.1, 0.15) is 17.2 Å². The zero-order valence-corrected chi connectivity index (χ0v) is 16.8. The number of anilines is 2. The molecule has 0 bridgehead atoms. The van der Waals surface area contributed by atoms with Gasteiger partial charge < -0.3 is 14.8 Å². The van der Waals surface area contributed by atoms with Crippen molar-refractivity contribution in [3.8, 4) is 5.75 Å². The molecule has 0 saturated heterocycles. The summed E-state index contributed by atoms with van der Waals surface area (Å²) in [4.78, 5) is 24.2. The van der Waals surface area contributed by atoms with Crippen LogP contribution in [0.15, 0.2) is 36.4 Å². The minimum Gasteiger partial charge on any atom is -0.496 e. The average Bonchev–Trinajstić information content (AvgIpc) is 2.56. The van der Waals surface area contributed by atoms with Crippen LogP contribution in [0.5, 0.6) is 5.75 Å². The van der Waals surface area contributed by atoms with Gasteiger partial charge in [0, 0.05) is 16.3 Å². The van der Waals surface area contributed by atoms with E-state index >= 15 is 0 Å². The van der Waals surface area contributed by atoms with Crippen LogP contribution >= 0.6 is 11.6 Å². The first-order valence-electron chi connectivity index (χ1n) is 8.49. The topological polar surface area (TPSA) is 76.7 Å². The molecule has 0 aliphatic heterocycles. The van der Waals surface area contributed by atoms with Gasteiger partial charge in [-0.2, -0.15) is 0 Å². The predicted octanol–water partition coefficient (Wildman–Crippen LogP) is 5.02. The number of ether oxygens (including phenoxy) is 2. The van der Waals surface area contributed by atoms with Gasteiger partial charge >= 0.3 is 6.09 Å². The fourth-order valence-corrected chi connectivity index (χ4v) is 2.57. The Kier molecular flexibility index (Phi) is 6.85. The molecule has 0 spiro atoms. The Hall–Kier alpha value is -2.80. The van der Waals surface area contributed by atoms with Crippen LogP contribution in [0.1, 0.15) is 26.3 Å². The molecule has 0 saturated carbocycles. The van der Waals surface area contributed by atoms with Crippen LogP contribution in [0.25, 0.3) is 0 Å². The molecule has 0 heterocycles. The second-order valence-corrected chi connectivity index (χ2v) is 7.44. The third kappa shape index (κ3) is 6.42. The second kappa shape index (κ2) is 8.93. The third-order valence-corrected chi connectivity index (χ3v) is 3.71. The van der Waals surface area contributed by atoms with Crippen LogP contribution < -0.4 is 15.4 Å². The van der Waals surface area contributed by atoms with Crippen LogP contribution in [-0.4, -0.2) is 24.7 Å². The minimum absolute atomic E-state index is 0.0626. The van der Waals surface area contributed by atoms with Gasteiger partial charge in [0.25, 0.3) is 0 Å². The van der Waals surface area contributed by atoms with Crippen molar-refractivity contribution in [2.24, 2.45) is 0 Å². The molecule has 0 atom stereocenters. The lowest BCUT2D eigenvalue weighted by Gasteiger charge is -2.20. The van der Waals surface area contributed by atoms with Crippen molar-refractivity contribution in [2.75, 3.05) is 17.7 Å². The van der Waals surface area contributed by atoms with Crippen molar-refractivity contribution in [2.45, 2.75) is 32.8 Å². The van der Waals surface area contributed by atoms with Gasteiger partial charge in [-0.05, 0) is 57.2 Å².